The van der Waals surface area contributed by atoms with Crippen molar-refractivity contribution in [3.05, 3.63) is 42.3 Å². The first kappa shape index (κ1) is 12.9. The highest BCUT2D eigenvalue weighted by Crippen LogP contribution is 2.17. The molecule has 20 heavy (non-hydrogen) atoms. The van der Waals surface area contributed by atoms with Crippen LogP contribution in [0.25, 0.3) is 11.5 Å². The average Bonchev–Trinajstić information content (AvgIpc) is 3.17. The van der Waals surface area contributed by atoms with Gasteiger partial charge in [0, 0.05) is 18.2 Å². The molecule has 0 spiro atoms. The van der Waals surface area contributed by atoms with Gasteiger partial charge in [-0.3, -0.25) is 4.79 Å². The first-order valence-electron chi connectivity index (χ1n) is 6.85. The van der Waals surface area contributed by atoms with Gasteiger partial charge in [-0.15, -0.1) is 0 Å². The van der Waals surface area contributed by atoms with Crippen molar-refractivity contribution in [1.29, 1.82) is 0 Å². The third-order valence-electron chi connectivity index (χ3n) is 3.43. The van der Waals surface area contributed by atoms with Gasteiger partial charge in [-0.2, -0.15) is 0 Å². The normalized spacial score (nSPS) is 18.1. The summed E-state index contributed by atoms with van der Waals surface area (Å²) in [7, 11) is 0. The minimum absolute atomic E-state index is 0.190. The molecule has 5 heteroatoms. The number of benzene rings is 1. The van der Waals surface area contributed by atoms with Crippen LogP contribution >= 0.6 is 0 Å². The van der Waals surface area contributed by atoms with Gasteiger partial charge < -0.3 is 15.1 Å². The quantitative estimate of drug-likeness (QED) is 0.890. The molecule has 1 aromatic carbocycles. The molecule has 2 heterocycles. The number of rotatable bonds is 4. The fraction of sp³-hybridized carbons (Fsp3) is 0.333. The van der Waals surface area contributed by atoms with Crippen LogP contribution in [0.5, 0.6) is 0 Å². The molecule has 1 aliphatic heterocycles. The highest BCUT2D eigenvalue weighted by Gasteiger charge is 2.17. The smallest absolute Gasteiger partial charge is 0.273 e. The molecule has 1 aromatic heterocycles. The predicted octanol–water partition coefficient (Wildman–Crippen LogP) is 1.82. The Morgan fingerprint density at radius 3 is 3.00 bits per heavy atom. The molecule has 1 unspecified atom stereocenters. The van der Waals surface area contributed by atoms with Gasteiger partial charge >= 0.3 is 0 Å². The summed E-state index contributed by atoms with van der Waals surface area (Å²) >= 11 is 0. The fourth-order valence-electron chi connectivity index (χ4n) is 2.33. The molecule has 3 rings (SSSR count). The lowest BCUT2D eigenvalue weighted by atomic mass is 10.2. The van der Waals surface area contributed by atoms with Crippen LogP contribution in [-0.4, -0.2) is 30.0 Å². The number of nitrogens with one attached hydrogen (secondary N) is 2. The fourth-order valence-corrected chi connectivity index (χ4v) is 2.33. The van der Waals surface area contributed by atoms with Crippen LogP contribution < -0.4 is 10.6 Å². The molecule has 0 saturated carbocycles. The molecule has 1 aliphatic rings. The summed E-state index contributed by atoms with van der Waals surface area (Å²) in [5.41, 5.74) is 1.19. The van der Waals surface area contributed by atoms with Crippen LogP contribution in [0.3, 0.4) is 0 Å². The number of oxazole rings is 1. The standard InChI is InChI=1S/C15H17N3O2/c19-14(17-9-12-7-4-8-16-12)13-10-20-15(18-13)11-5-2-1-3-6-11/h1-3,5-6,10,12,16H,4,7-9H2,(H,17,19). The maximum Gasteiger partial charge on any atom is 0.273 e. The lowest BCUT2D eigenvalue weighted by Crippen LogP contribution is -2.37. The van der Waals surface area contributed by atoms with Crippen LogP contribution in [0.2, 0.25) is 0 Å². The number of hydrogen-bond donors (Lipinski definition) is 2. The number of aromatic nitrogens is 1. The molecule has 1 saturated heterocycles. The summed E-state index contributed by atoms with van der Waals surface area (Å²) in [6.07, 6.45) is 3.68. The molecule has 1 fully saturated rings. The Morgan fingerprint density at radius 1 is 1.40 bits per heavy atom. The molecule has 0 aliphatic carbocycles. The first-order valence-corrected chi connectivity index (χ1v) is 6.85. The summed E-state index contributed by atoms with van der Waals surface area (Å²) in [6, 6.07) is 9.91. The number of carbonyl (C=O) groups is 1. The van der Waals surface area contributed by atoms with Crippen LogP contribution in [0.1, 0.15) is 23.3 Å². The average molecular weight is 271 g/mol. The number of carbonyl (C=O) groups excluding carboxylic acids is 1. The van der Waals surface area contributed by atoms with Crippen LogP contribution in [0.15, 0.2) is 41.0 Å². The zero-order chi connectivity index (χ0) is 13.8. The van der Waals surface area contributed by atoms with Gasteiger partial charge in [-0.1, -0.05) is 18.2 Å². The molecule has 0 radical (unpaired) electrons. The van der Waals surface area contributed by atoms with Crippen LogP contribution in [0.4, 0.5) is 0 Å². The molecule has 2 aromatic rings. The van der Waals surface area contributed by atoms with E-state index in [1.54, 1.807) is 0 Å². The topological polar surface area (TPSA) is 67.2 Å². The van der Waals surface area contributed by atoms with Crippen molar-refractivity contribution in [3.8, 4) is 11.5 Å². The van der Waals surface area contributed by atoms with E-state index in [0.717, 1.165) is 18.5 Å². The van der Waals surface area contributed by atoms with Crippen molar-refractivity contribution in [3.63, 3.8) is 0 Å². The lowest BCUT2D eigenvalue weighted by molar-refractivity contribution is 0.0945. The zero-order valence-corrected chi connectivity index (χ0v) is 11.1. The summed E-state index contributed by atoms with van der Waals surface area (Å²) in [5, 5.41) is 6.22. The van der Waals surface area contributed by atoms with E-state index in [9.17, 15) is 4.79 Å². The third kappa shape index (κ3) is 2.88. The van der Waals surface area contributed by atoms with E-state index in [-0.39, 0.29) is 5.91 Å². The molecule has 1 atom stereocenters. The first-order chi connectivity index (χ1) is 9.83. The highest BCUT2D eigenvalue weighted by molar-refractivity contribution is 5.92. The van der Waals surface area contributed by atoms with E-state index >= 15 is 0 Å². The molecule has 1 amide bonds. The second-order valence-corrected chi connectivity index (χ2v) is 4.91. The Morgan fingerprint density at radius 2 is 2.25 bits per heavy atom. The summed E-state index contributed by atoms with van der Waals surface area (Å²) in [4.78, 5) is 16.2. The van der Waals surface area contributed by atoms with E-state index in [0.29, 0.717) is 24.2 Å². The Balaban J connectivity index is 1.62. The van der Waals surface area contributed by atoms with Gasteiger partial charge in [0.05, 0.1) is 0 Å². The molecule has 0 bridgehead atoms. The minimum Gasteiger partial charge on any atom is -0.444 e. The van der Waals surface area contributed by atoms with E-state index < -0.39 is 0 Å². The Labute approximate surface area is 117 Å². The van der Waals surface area contributed by atoms with Gasteiger partial charge in [0.25, 0.3) is 5.91 Å². The second kappa shape index (κ2) is 5.88. The monoisotopic (exact) mass is 271 g/mol. The second-order valence-electron chi connectivity index (χ2n) is 4.91. The molecule has 104 valence electrons. The highest BCUT2D eigenvalue weighted by atomic mass is 16.3. The number of amides is 1. The van der Waals surface area contributed by atoms with E-state index in [1.807, 2.05) is 30.3 Å². The van der Waals surface area contributed by atoms with Gasteiger partial charge in [-0.25, -0.2) is 4.98 Å². The molecule has 2 N–H and O–H groups in total. The zero-order valence-electron chi connectivity index (χ0n) is 11.1. The Bertz CT molecular complexity index is 574. The van der Waals surface area contributed by atoms with Crippen LogP contribution in [0, 0.1) is 0 Å². The van der Waals surface area contributed by atoms with Crippen molar-refractivity contribution in [2.75, 3.05) is 13.1 Å². The van der Waals surface area contributed by atoms with Gasteiger partial charge in [0.15, 0.2) is 5.69 Å². The van der Waals surface area contributed by atoms with Gasteiger partial charge in [0.1, 0.15) is 6.26 Å². The van der Waals surface area contributed by atoms with E-state index in [4.69, 9.17) is 4.42 Å². The molecular weight excluding hydrogens is 254 g/mol. The molecular formula is C15H17N3O2. The number of hydrogen-bond acceptors (Lipinski definition) is 4. The maximum atomic E-state index is 12.0. The van der Waals surface area contributed by atoms with Gasteiger partial charge in [-0.05, 0) is 31.5 Å². The largest absolute Gasteiger partial charge is 0.444 e. The van der Waals surface area contributed by atoms with Crippen molar-refractivity contribution < 1.29 is 9.21 Å². The van der Waals surface area contributed by atoms with E-state index in [1.165, 1.54) is 12.7 Å². The lowest BCUT2D eigenvalue weighted by Gasteiger charge is -2.09. The number of nitrogens with zero attached hydrogens (tertiary/aromatic N) is 1. The molecule has 5 nitrogen and oxygen atoms in total. The SMILES string of the molecule is O=C(NCC1CCCN1)c1coc(-c2ccccc2)n1. The summed E-state index contributed by atoms with van der Waals surface area (Å²) < 4.78 is 5.36. The predicted molar refractivity (Wildman–Crippen MR) is 75.3 cm³/mol. The van der Waals surface area contributed by atoms with Gasteiger partial charge in [0.2, 0.25) is 5.89 Å². The Hall–Kier alpha value is -2.14. The van der Waals surface area contributed by atoms with Crippen LogP contribution in [-0.2, 0) is 0 Å². The van der Waals surface area contributed by atoms with Crippen molar-refractivity contribution in [2.24, 2.45) is 0 Å². The minimum atomic E-state index is -0.190. The third-order valence-corrected chi connectivity index (χ3v) is 3.43. The maximum absolute atomic E-state index is 12.0. The summed E-state index contributed by atoms with van der Waals surface area (Å²) in [6.45, 7) is 1.66. The van der Waals surface area contributed by atoms with E-state index in [2.05, 4.69) is 15.6 Å². The van der Waals surface area contributed by atoms with Crippen molar-refractivity contribution >= 4 is 5.91 Å². The Kier molecular flexibility index (Phi) is 3.78. The van der Waals surface area contributed by atoms with Crippen molar-refractivity contribution in [2.45, 2.75) is 18.9 Å². The van der Waals surface area contributed by atoms with Crippen molar-refractivity contribution in [1.82, 2.24) is 15.6 Å². The summed E-state index contributed by atoms with van der Waals surface area (Å²) in [5.74, 6) is 0.277.